The van der Waals surface area contributed by atoms with Gasteiger partial charge in [-0.15, -0.1) is 0 Å². The molecule has 0 aliphatic rings. The fourth-order valence-electron chi connectivity index (χ4n) is 3.54. The number of rotatable bonds is 6. The van der Waals surface area contributed by atoms with E-state index in [4.69, 9.17) is 0 Å². The summed E-state index contributed by atoms with van der Waals surface area (Å²) >= 11 is 0. The predicted molar refractivity (Wildman–Crippen MR) is 127 cm³/mol. The molecule has 0 radical (unpaired) electrons. The van der Waals surface area contributed by atoms with Crippen LogP contribution >= 0.6 is 0 Å². The van der Waals surface area contributed by atoms with Crippen molar-refractivity contribution in [2.24, 2.45) is 0 Å². The van der Waals surface area contributed by atoms with Crippen LogP contribution in [0.15, 0.2) is 42.5 Å². The van der Waals surface area contributed by atoms with E-state index in [0.717, 1.165) is 18.4 Å². The molecular formula is C28H40O. The van der Waals surface area contributed by atoms with E-state index in [1.54, 1.807) is 0 Å². The molecule has 2 aromatic rings. The van der Waals surface area contributed by atoms with Gasteiger partial charge < -0.3 is 5.11 Å². The Morgan fingerprint density at radius 2 is 1.48 bits per heavy atom. The van der Waals surface area contributed by atoms with Gasteiger partial charge in [0.05, 0.1) is 0 Å². The first-order valence-electron chi connectivity index (χ1n) is 11.3. The molecule has 0 amide bonds. The van der Waals surface area contributed by atoms with E-state index in [-0.39, 0.29) is 5.41 Å². The van der Waals surface area contributed by atoms with Gasteiger partial charge in [0.25, 0.3) is 0 Å². The molecule has 1 atom stereocenters. The number of benzene rings is 2. The number of aryl methyl sites for hydroxylation is 2. The lowest BCUT2D eigenvalue weighted by atomic mass is 9.70. The molecule has 158 valence electrons. The predicted octanol–water partition coefficient (Wildman–Crippen LogP) is 7.34. The topological polar surface area (TPSA) is 20.2 Å². The van der Waals surface area contributed by atoms with E-state index >= 15 is 0 Å². The average Bonchev–Trinajstić information content (AvgIpc) is 2.74. The van der Waals surface area contributed by atoms with Crippen molar-refractivity contribution in [3.05, 3.63) is 70.3 Å². The largest absolute Gasteiger partial charge is 0.380 e. The third-order valence-electron chi connectivity index (χ3n) is 5.82. The highest BCUT2D eigenvalue weighted by molar-refractivity contribution is 5.48. The van der Waals surface area contributed by atoms with Crippen LogP contribution in [0.2, 0.25) is 0 Å². The van der Waals surface area contributed by atoms with E-state index in [9.17, 15) is 5.11 Å². The number of unbranched alkanes of at least 4 members (excludes halogenated alkanes) is 1. The third kappa shape index (κ3) is 6.76. The van der Waals surface area contributed by atoms with Crippen LogP contribution in [0, 0.1) is 25.7 Å². The van der Waals surface area contributed by atoms with Gasteiger partial charge in [-0.3, -0.25) is 0 Å². The van der Waals surface area contributed by atoms with E-state index < -0.39 is 6.10 Å². The summed E-state index contributed by atoms with van der Waals surface area (Å²) in [7, 11) is 0. The molecule has 0 bridgehead atoms. The van der Waals surface area contributed by atoms with Gasteiger partial charge in [-0.25, -0.2) is 0 Å². The third-order valence-corrected chi connectivity index (χ3v) is 5.82. The van der Waals surface area contributed by atoms with Gasteiger partial charge >= 0.3 is 0 Å². The summed E-state index contributed by atoms with van der Waals surface area (Å²) in [5.41, 5.74) is 6.25. The van der Waals surface area contributed by atoms with E-state index in [2.05, 4.69) is 95.8 Å². The molecule has 0 spiro atoms. The van der Waals surface area contributed by atoms with Crippen LogP contribution in [0.4, 0.5) is 0 Å². The molecule has 1 unspecified atom stereocenters. The molecule has 2 rings (SSSR count). The van der Waals surface area contributed by atoms with Crippen molar-refractivity contribution < 1.29 is 5.11 Å². The van der Waals surface area contributed by atoms with Gasteiger partial charge in [0.15, 0.2) is 0 Å². The first kappa shape index (κ1) is 25.0. The van der Waals surface area contributed by atoms with Crippen molar-refractivity contribution in [3.8, 4) is 11.8 Å². The van der Waals surface area contributed by atoms with E-state index in [0.29, 0.717) is 6.42 Å². The molecular weight excluding hydrogens is 352 g/mol. The zero-order valence-corrected chi connectivity index (χ0v) is 19.6. The lowest BCUT2D eigenvalue weighted by molar-refractivity contribution is 0.228. The van der Waals surface area contributed by atoms with Gasteiger partial charge in [-0.1, -0.05) is 101 Å². The molecule has 29 heavy (non-hydrogen) atoms. The smallest absolute Gasteiger partial charge is 0.114 e. The quantitative estimate of drug-likeness (QED) is 0.510. The molecule has 0 fully saturated rings. The molecule has 0 saturated carbocycles. The standard InChI is InChI=1S/C24H30O.C4H10/c1-6-23(25)15-13-20-12-14-22(17-19(20)5)24(7-2,8-3)21-11-9-10-18(4)16-21;1-3-4-2/h9-12,14,16-17,23,25H,6-8H2,1-5H3;3-4H2,1-2H3. The second kappa shape index (κ2) is 12.5. The maximum Gasteiger partial charge on any atom is 0.114 e. The number of aliphatic hydroxyl groups excluding tert-OH is 1. The molecule has 0 heterocycles. The van der Waals surface area contributed by atoms with Gasteiger partial charge in [-0.05, 0) is 55.9 Å². The summed E-state index contributed by atoms with van der Waals surface area (Å²) in [5.74, 6) is 6.05. The Bertz CT molecular complexity index is 801. The van der Waals surface area contributed by atoms with Crippen molar-refractivity contribution in [1.82, 2.24) is 0 Å². The summed E-state index contributed by atoms with van der Waals surface area (Å²) in [4.78, 5) is 0. The SMILES string of the molecule is CCC(O)C#Cc1ccc(C(CC)(CC)c2cccc(C)c2)cc1C.CCCC. The van der Waals surface area contributed by atoms with Gasteiger partial charge in [0.1, 0.15) is 6.10 Å². The zero-order chi connectivity index (χ0) is 21.9. The zero-order valence-electron chi connectivity index (χ0n) is 19.6. The van der Waals surface area contributed by atoms with Crippen LogP contribution < -0.4 is 0 Å². The highest BCUT2D eigenvalue weighted by Crippen LogP contribution is 2.39. The van der Waals surface area contributed by atoms with Crippen LogP contribution in [0.25, 0.3) is 0 Å². The Labute approximate surface area is 179 Å². The first-order chi connectivity index (χ1) is 13.9. The minimum Gasteiger partial charge on any atom is -0.380 e. The monoisotopic (exact) mass is 392 g/mol. The molecule has 1 nitrogen and oxygen atoms in total. The summed E-state index contributed by atoms with van der Waals surface area (Å²) in [5, 5.41) is 9.67. The number of hydrogen-bond donors (Lipinski definition) is 1. The molecule has 0 aliphatic carbocycles. The summed E-state index contributed by atoms with van der Waals surface area (Å²) in [6.07, 6.45) is 4.88. The normalized spacial score (nSPS) is 11.7. The van der Waals surface area contributed by atoms with Crippen molar-refractivity contribution in [3.63, 3.8) is 0 Å². The molecule has 1 heteroatoms. The lowest BCUT2D eigenvalue weighted by Gasteiger charge is -2.34. The molecule has 0 aliphatic heterocycles. The van der Waals surface area contributed by atoms with Gasteiger partial charge in [-0.2, -0.15) is 0 Å². The van der Waals surface area contributed by atoms with Crippen LogP contribution in [-0.2, 0) is 5.41 Å². The molecule has 1 N–H and O–H groups in total. The van der Waals surface area contributed by atoms with E-state index in [1.165, 1.54) is 35.1 Å². The molecule has 2 aromatic carbocycles. The van der Waals surface area contributed by atoms with Crippen LogP contribution in [-0.4, -0.2) is 11.2 Å². The van der Waals surface area contributed by atoms with Crippen molar-refractivity contribution >= 4 is 0 Å². The van der Waals surface area contributed by atoms with E-state index in [1.807, 2.05) is 6.92 Å². The average molecular weight is 393 g/mol. The second-order valence-electron chi connectivity index (χ2n) is 7.88. The number of hydrogen-bond acceptors (Lipinski definition) is 1. The Kier molecular flexibility index (Phi) is 10.8. The maximum atomic E-state index is 9.67. The maximum absolute atomic E-state index is 9.67. The second-order valence-corrected chi connectivity index (χ2v) is 7.88. The minimum atomic E-state index is -0.545. The summed E-state index contributed by atoms with van der Waals surface area (Å²) < 4.78 is 0. The highest BCUT2D eigenvalue weighted by Gasteiger charge is 2.30. The van der Waals surface area contributed by atoms with Crippen molar-refractivity contribution in [1.29, 1.82) is 0 Å². The first-order valence-corrected chi connectivity index (χ1v) is 11.3. The number of aliphatic hydroxyl groups is 1. The fourth-order valence-corrected chi connectivity index (χ4v) is 3.54. The molecule has 0 saturated heterocycles. The van der Waals surface area contributed by atoms with Crippen LogP contribution in [0.3, 0.4) is 0 Å². The Morgan fingerprint density at radius 1 is 0.862 bits per heavy atom. The summed E-state index contributed by atoms with van der Waals surface area (Å²) in [6, 6.07) is 15.5. The van der Waals surface area contributed by atoms with Gasteiger partial charge in [0.2, 0.25) is 0 Å². The Hall–Kier alpha value is -2.04. The highest BCUT2D eigenvalue weighted by atomic mass is 16.3. The Morgan fingerprint density at radius 3 is 1.97 bits per heavy atom. The lowest BCUT2D eigenvalue weighted by Crippen LogP contribution is -2.26. The van der Waals surface area contributed by atoms with Crippen molar-refractivity contribution in [2.45, 2.75) is 92.1 Å². The van der Waals surface area contributed by atoms with Crippen LogP contribution in [0.1, 0.15) is 94.5 Å². The van der Waals surface area contributed by atoms with Gasteiger partial charge in [0, 0.05) is 11.0 Å². The Balaban J connectivity index is 0.000000960. The summed E-state index contributed by atoms with van der Waals surface area (Å²) in [6.45, 7) is 15.1. The van der Waals surface area contributed by atoms with Crippen molar-refractivity contribution in [2.75, 3.05) is 0 Å². The molecule has 0 aromatic heterocycles. The van der Waals surface area contributed by atoms with Crippen LogP contribution in [0.5, 0.6) is 0 Å². The minimum absolute atomic E-state index is 0.0334. The fraction of sp³-hybridized carbons (Fsp3) is 0.500.